The van der Waals surface area contributed by atoms with E-state index in [1.807, 2.05) is 0 Å². The first-order valence-electron chi connectivity index (χ1n) is 7.52. The van der Waals surface area contributed by atoms with Crippen LogP contribution in [0.15, 0.2) is 46.9 Å². The number of anilines is 1. The van der Waals surface area contributed by atoms with Crippen LogP contribution in [0.1, 0.15) is 33.5 Å². The van der Waals surface area contributed by atoms with Gasteiger partial charge in [-0.15, -0.1) is 0 Å². The maximum atomic E-state index is 12.3. The average molecular weight is 324 g/mol. The van der Waals surface area contributed by atoms with E-state index in [0.29, 0.717) is 40.4 Å². The molecule has 0 saturated heterocycles. The van der Waals surface area contributed by atoms with Crippen LogP contribution in [0.3, 0.4) is 0 Å². The number of hydrogen-bond acceptors (Lipinski definition) is 5. The molecule has 0 unspecified atom stereocenters. The highest BCUT2D eigenvalue weighted by Gasteiger charge is 2.11. The average Bonchev–Trinajstić information content (AvgIpc) is 2.94. The fourth-order valence-corrected chi connectivity index (χ4v) is 2.29. The molecule has 0 aliphatic carbocycles. The lowest BCUT2D eigenvalue weighted by molar-refractivity contribution is 0.0526. The van der Waals surface area contributed by atoms with Crippen molar-refractivity contribution in [3.05, 3.63) is 59.5 Å². The van der Waals surface area contributed by atoms with E-state index in [9.17, 15) is 9.59 Å². The minimum atomic E-state index is -0.387. The normalized spacial score (nSPS) is 10.6. The molecule has 1 N–H and O–H groups in total. The van der Waals surface area contributed by atoms with Gasteiger partial charge in [0.25, 0.3) is 5.91 Å². The molecule has 2 aromatic carbocycles. The summed E-state index contributed by atoms with van der Waals surface area (Å²) in [5.74, 6) is -0.0965. The third kappa shape index (κ3) is 3.27. The number of nitrogens with one attached hydrogen (secondary N) is 1. The Kier molecular flexibility index (Phi) is 4.29. The summed E-state index contributed by atoms with van der Waals surface area (Å²) in [6.45, 7) is 3.83. The Morgan fingerprint density at radius 2 is 1.83 bits per heavy atom. The Balaban J connectivity index is 1.74. The Bertz CT molecular complexity index is 897. The third-order valence-electron chi connectivity index (χ3n) is 3.41. The van der Waals surface area contributed by atoms with E-state index in [0.717, 1.165) is 0 Å². The Hall–Kier alpha value is -3.15. The second-order valence-electron chi connectivity index (χ2n) is 5.17. The van der Waals surface area contributed by atoms with Gasteiger partial charge in [-0.05, 0) is 49.4 Å². The van der Waals surface area contributed by atoms with Crippen molar-refractivity contribution in [2.75, 3.05) is 11.9 Å². The molecule has 0 aliphatic heterocycles. The number of carbonyl (C=O) groups excluding carboxylic acids is 2. The van der Waals surface area contributed by atoms with Crippen LogP contribution in [0.25, 0.3) is 11.1 Å². The highest BCUT2D eigenvalue weighted by Crippen LogP contribution is 2.18. The molecule has 0 fully saturated rings. The number of hydrogen-bond donors (Lipinski definition) is 1. The number of aryl methyl sites for hydroxylation is 1. The first kappa shape index (κ1) is 15.7. The lowest BCUT2D eigenvalue weighted by Gasteiger charge is -2.06. The fourth-order valence-electron chi connectivity index (χ4n) is 2.29. The lowest BCUT2D eigenvalue weighted by Crippen LogP contribution is -2.12. The van der Waals surface area contributed by atoms with Crippen molar-refractivity contribution in [1.82, 2.24) is 4.98 Å². The predicted molar refractivity (Wildman–Crippen MR) is 89.1 cm³/mol. The molecular formula is C18H16N2O4. The van der Waals surface area contributed by atoms with Crippen molar-refractivity contribution >= 4 is 28.7 Å². The van der Waals surface area contributed by atoms with Gasteiger partial charge in [0.2, 0.25) is 0 Å². The summed E-state index contributed by atoms with van der Waals surface area (Å²) in [5.41, 5.74) is 2.78. The molecule has 0 bridgehead atoms. The summed E-state index contributed by atoms with van der Waals surface area (Å²) in [7, 11) is 0. The van der Waals surface area contributed by atoms with Gasteiger partial charge in [-0.2, -0.15) is 0 Å². The van der Waals surface area contributed by atoms with Crippen LogP contribution in [0.2, 0.25) is 0 Å². The summed E-state index contributed by atoms with van der Waals surface area (Å²) in [6, 6.07) is 11.6. The number of benzene rings is 2. The standard InChI is InChI=1S/C18H16N2O4/c1-3-23-18(22)12-4-7-14(8-5-12)20-17(21)13-6-9-16-15(10-13)19-11(2)24-16/h4-10H,3H2,1-2H3,(H,20,21). The zero-order valence-corrected chi connectivity index (χ0v) is 13.3. The molecule has 1 heterocycles. The molecule has 24 heavy (non-hydrogen) atoms. The minimum Gasteiger partial charge on any atom is -0.462 e. The van der Waals surface area contributed by atoms with Crippen LogP contribution in [-0.4, -0.2) is 23.5 Å². The molecule has 0 atom stereocenters. The van der Waals surface area contributed by atoms with Gasteiger partial charge in [0.1, 0.15) is 5.52 Å². The summed E-state index contributed by atoms with van der Waals surface area (Å²) in [4.78, 5) is 28.1. The van der Waals surface area contributed by atoms with E-state index in [2.05, 4.69) is 10.3 Å². The van der Waals surface area contributed by atoms with E-state index in [4.69, 9.17) is 9.15 Å². The summed E-state index contributed by atoms with van der Waals surface area (Å²) >= 11 is 0. The van der Waals surface area contributed by atoms with Gasteiger partial charge in [0.05, 0.1) is 12.2 Å². The number of carbonyl (C=O) groups is 2. The second kappa shape index (κ2) is 6.54. The Labute approximate surface area is 138 Å². The number of aromatic nitrogens is 1. The van der Waals surface area contributed by atoms with Crippen molar-refractivity contribution in [1.29, 1.82) is 0 Å². The van der Waals surface area contributed by atoms with Crippen LogP contribution >= 0.6 is 0 Å². The Morgan fingerprint density at radius 3 is 2.54 bits per heavy atom. The Morgan fingerprint density at radius 1 is 1.12 bits per heavy atom. The molecule has 1 aromatic heterocycles. The maximum absolute atomic E-state index is 12.3. The molecule has 0 radical (unpaired) electrons. The predicted octanol–water partition coefficient (Wildman–Crippen LogP) is 3.57. The van der Waals surface area contributed by atoms with Crippen LogP contribution in [0, 0.1) is 6.92 Å². The molecule has 3 aromatic rings. The van der Waals surface area contributed by atoms with Crippen molar-refractivity contribution in [2.24, 2.45) is 0 Å². The quantitative estimate of drug-likeness (QED) is 0.742. The number of rotatable bonds is 4. The molecule has 0 aliphatic rings. The maximum Gasteiger partial charge on any atom is 0.338 e. The van der Waals surface area contributed by atoms with Crippen molar-refractivity contribution in [2.45, 2.75) is 13.8 Å². The number of nitrogens with zero attached hydrogens (tertiary/aromatic N) is 1. The van der Waals surface area contributed by atoms with E-state index in [1.165, 1.54) is 0 Å². The number of oxazole rings is 1. The van der Waals surface area contributed by atoms with E-state index in [1.54, 1.807) is 56.3 Å². The highest BCUT2D eigenvalue weighted by molar-refractivity contribution is 6.06. The SMILES string of the molecule is CCOC(=O)c1ccc(NC(=O)c2ccc3oc(C)nc3c2)cc1. The molecule has 6 heteroatoms. The molecule has 0 saturated carbocycles. The summed E-state index contributed by atoms with van der Waals surface area (Å²) in [6.07, 6.45) is 0. The van der Waals surface area contributed by atoms with Crippen LogP contribution < -0.4 is 5.32 Å². The molecular weight excluding hydrogens is 308 g/mol. The minimum absolute atomic E-state index is 0.263. The number of ether oxygens (including phenoxy) is 1. The van der Waals surface area contributed by atoms with Crippen LogP contribution in [-0.2, 0) is 4.74 Å². The van der Waals surface area contributed by atoms with Gasteiger partial charge in [-0.3, -0.25) is 4.79 Å². The van der Waals surface area contributed by atoms with Crippen molar-refractivity contribution in [3.63, 3.8) is 0 Å². The van der Waals surface area contributed by atoms with Gasteiger partial charge in [-0.1, -0.05) is 0 Å². The van der Waals surface area contributed by atoms with Crippen LogP contribution in [0.4, 0.5) is 5.69 Å². The third-order valence-corrected chi connectivity index (χ3v) is 3.41. The molecule has 1 amide bonds. The fraction of sp³-hybridized carbons (Fsp3) is 0.167. The molecule has 0 spiro atoms. The van der Waals surface area contributed by atoms with Gasteiger partial charge in [-0.25, -0.2) is 9.78 Å². The van der Waals surface area contributed by atoms with Gasteiger partial charge >= 0.3 is 5.97 Å². The van der Waals surface area contributed by atoms with E-state index >= 15 is 0 Å². The van der Waals surface area contributed by atoms with Gasteiger partial charge in [0.15, 0.2) is 11.5 Å². The van der Waals surface area contributed by atoms with E-state index < -0.39 is 0 Å². The summed E-state index contributed by atoms with van der Waals surface area (Å²) < 4.78 is 10.3. The number of esters is 1. The molecule has 6 nitrogen and oxygen atoms in total. The van der Waals surface area contributed by atoms with Gasteiger partial charge in [0, 0.05) is 18.2 Å². The molecule has 3 rings (SSSR count). The van der Waals surface area contributed by atoms with Crippen molar-refractivity contribution < 1.29 is 18.7 Å². The van der Waals surface area contributed by atoms with Crippen molar-refractivity contribution in [3.8, 4) is 0 Å². The zero-order valence-electron chi connectivity index (χ0n) is 13.3. The monoisotopic (exact) mass is 324 g/mol. The lowest BCUT2D eigenvalue weighted by atomic mass is 10.1. The van der Waals surface area contributed by atoms with E-state index in [-0.39, 0.29) is 11.9 Å². The largest absolute Gasteiger partial charge is 0.462 e. The first-order chi connectivity index (χ1) is 11.6. The summed E-state index contributed by atoms with van der Waals surface area (Å²) in [5, 5.41) is 2.78. The zero-order chi connectivity index (χ0) is 17.1. The van der Waals surface area contributed by atoms with Crippen LogP contribution in [0.5, 0.6) is 0 Å². The smallest absolute Gasteiger partial charge is 0.338 e. The molecule has 122 valence electrons. The number of fused-ring (bicyclic) bond motifs is 1. The van der Waals surface area contributed by atoms with Gasteiger partial charge < -0.3 is 14.5 Å². The highest BCUT2D eigenvalue weighted by atomic mass is 16.5. The number of amides is 1. The topological polar surface area (TPSA) is 81.4 Å². The first-order valence-corrected chi connectivity index (χ1v) is 7.52. The second-order valence-corrected chi connectivity index (χ2v) is 5.17.